The van der Waals surface area contributed by atoms with Gasteiger partial charge in [-0.1, -0.05) is 63.6 Å². The number of rotatable bonds is 9. The average molecular weight is 419 g/mol. The highest BCUT2D eigenvalue weighted by molar-refractivity contribution is 5.94. The lowest BCUT2D eigenvalue weighted by molar-refractivity contribution is 0.0786. The van der Waals surface area contributed by atoms with Crippen LogP contribution in [0, 0.1) is 5.41 Å². The molecule has 5 nitrogen and oxygen atoms in total. The number of nitrogens with zero attached hydrogens (tertiary/aromatic N) is 3. The zero-order chi connectivity index (χ0) is 22.1. The van der Waals surface area contributed by atoms with Gasteiger partial charge in [0.05, 0.1) is 5.69 Å². The van der Waals surface area contributed by atoms with Crippen LogP contribution in [0.15, 0.2) is 54.7 Å². The van der Waals surface area contributed by atoms with Crippen molar-refractivity contribution in [3.05, 3.63) is 71.7 Å². The number of amides is 1. The van der Waals surface area contributed by atoms with Crippen molar-refractivity contribution >= 4 is 11.6 Å². The first kappa shape index (κ1) is 21.6. The molecule has 4 rings (SSSR count). The van der Waals surface area contributed by atoms with Crippen LogP contribution in [0.1, 0.15) is 61.8 Å². The van der Waals surface area contributed by atoms with Gasteiger partial charge in [0.2, 0.25) is 0 Å². The molecule has 1 aliphatic rings. The molecule has 0 spiro atoms. The molecular weight excluding hydrogens is 384 g/mol. The van der Waals surface area contributed by atoms with Gasteiger partial charge in [-0.2, -0.15) is 0 Å². The molecule has 0 saturated heterocycles. The topological polar surface area (TPSA) is 49.6 Å². The molecule has 2 aromatic heterocycles. The summed E-state index contributed by atoms with van der Waals surface area (Å²) in [5, 5.41) is 3.68. The number of carbonyl (C=O) groups is 1. The van der Waals surface area contributed by atoms with Crippen LogP contribution in [0.4, 0.5) is 0 Å². The first-order chi connectivity index (χ1) is 14.9. The molecule has 1 fully saturated rings. The van der Waals surface area contributed by atoms with Crippen LogP contribution in [0.25, 0.3) is 5.65 Å². The van der Waals surface area contributed by atoms with E-state index in [1.54, 1.807) is 4.90 Å². The van der Waals surface area contributed by atoms with E-state index in [4.69, 9.17) is 4.98 Å². The minimum Gasteiger partial charge on any atom is -0.340 e. The SMILES string of the molecule is CCCCN(C)C(=O)c1nc2ccccn2c1CNCC1(c2ccccc2)CC1(C)C. The fourth-order valence-corrected chi connectivity index (χ4v) is 4.82. The highest BCUT2D eigenvalue weighted by Gasteiger charge is 2.61. The van der Waals surface area contributed by atoms with Crippen molar-refractivity contribution in [2.75, 3.05) is 20.1 Å². The number of unbranched alkanes of at least 4 members (excludes halogenated alkanes) is 1. The zero-order valence-corrected chi connectivity index (χ0v) is 19.2. The van der Waals surface area contributed by atoms with Crippen molar-refractivity contribution in [1.82, 2.24) is 19.6 Å². The maximum Gasteiger partial charge on any atom is 0.274 e. The third-order valence-electron chi connectivity index (χ3n) is 6.99. The monoisotopic (exact) mass is 418 g/mol. The van der Waals surface area contributed by atoms with Crippen LogP contribution in [0.5, 0.6) is 0 Å². The van der Waals surface area contributed by atoms with E-state index >= 15 is 0 Å². The van der Waals surface area contributed by atoms with Crippen molar-refractivity contribution in [2.45, 2.75) is 52.0 Å². The lowest BCUT2D eigenvalue weighted by Crippen LogP contribution is -2.32. The molecule has 1 N–H and O–H groups in total. The molecule has 1 atom stereocenters. The van der Waals surface area contributed by atoms with Crippen molar-refractivity contribution in [1.29, 1.82) is 0 Å². The van der Waals surface area contributed by atoms with Crippen LogP contribution < -0.4 is 5.32 Å². The van der Waals surface area contributed by atoms with E-state index in [1.807, 2.05) is 35.8 Å². The summed E-state index contributed by atoms with van der Waals surface area (Å²) in [5.41, 5.74) is 4.10. The maximum absolute atomic E-state index is 13.2. The van der Waals surface area contributed by atoms with E-state index in [1.165, 1.54) is 5.56 Å². The van der Waals surface area contributed by atoms with Gasteiger partial charge in [0.1, 0.15) is 5.65 Å². The predicted octanol–water partition coefficient (Wildman–Crippen LogP) is 4.66. The summed E-state index contributed by atoms with van der Waals surface area (Å²) in [6.07, 6.45) is 5.22. The number of hydrogen-bond acceptors (Lipinski definition) is 3. The molecule has 164 valence electrons. The summed E-state index contributed by atoms with van der Waals surface area (Å²) in [5.74, 6) is -0.00141. The Morgan fingerprint density at radius 1 is 1.16 bits per heavy atom. The quantitative estimate of drug-likeness (QED) is 0.550. The third kappa shape index (κ3) is 3.99. The molecule has 5 heteroatoms. The van der Waals surface area contributed by atoms with E-state index in [0.29, 0.717) is 12.2 Å². The van der Waals surface area contributed by atoms with Gasteiger partial charge in [0, 0.05) is 38.3 Å². The second-order valence-electron chi connectivity index (χ2n) is 9.53. The molecule has 1 aromatic carbocycles. The molecule has 2 heterocycles. The van der Waals surface area contributed by atoms with Gasteiger partial charge in [-0.15, -0.1) is 0 Å². The number of fused-ring (bicyclic) bond motifs is 1. The first-order valence-electron chi connectivity index (χ1n) is 11.4. The smallest absolute Gasteiger partial charge is 0.274 e. The van der Waals surface area contributed by atoms with E-state index in [0.717, 1.165) is 43.7 Å². The van der Waals surface area contributed by atoms with Gasteiger partial charge in [-0.05, 0) is 36.0 Å². The second kappa shape index (κ2) is 8.46. The molecule has 1 aliphatic carbocycles. The van der Waals surface area contributed by atoms with Crippen molar-refractivity contribution in [3.63, 3.8) is 0 Å². The molecular formula is C26H34N4O. The first-order valence-corrected chi connectivity index (χ1v) is 11.4. The van der Waals surface area contributed by atoms with Gasteiger partial charge in [0.15, 0.2) is 5.69 Å². The lowest BCUT2D eigenvalue weighted by Gasteiger charge is -2.22. The fraction of sp³-hybridized carbons (Fsp3) is 0.462. The normalized spacial score (nSPS) is 19.5. The third-order valence-corrected chi connectivity index (χ3v) is 6.99. The standard InChI is InChI=1S/C26H34N4O/c1-5-6-15-29(4)24(31)23-21(30-16-11-10-14-22(30)28-23)17-27-19-26(18-25(26,2)3)20-12-8-7-9-13-20/h7-14,16,27H,5-6,15,17-19H2,1-4H3. The van der Waals surface area contributed by atoms with E-state index in [2.05, 4.69) is 56.4 Å². The van der Waals surface area contributed by atoms with Gasteiger partial charge in [-0.25, -0.2) is 4.98 Å². The zero-order valence-electron chi connectivity index (χ0n) is 19.2. The summed E-state index contributed by atoms with van der Waals surface area (Å²) in [4.78, 5) is 19.6. The van der Waals surface area contributed by atoms with Crippen molar-refractivity contribution in [3.8, 4) is 0 Å². The minimum absolute atomic E-state index is 0.00141. The minimum atomic E-state index is -0.00141. The summed E-state index contributed by atoms with van der Waals surface area (Å²) < 4.78 is 2.04. The summed E-state index contributed by atoms with van der Waals surface area (Å²) >= 11 is 0. The number of nitrogens with one attached hydrogen (secondary N) is 1. The molecule has 1 unspecified atom stereocenters. The summed E-state index contributed by atoms with van der Waals surface area (Å²) in [7, 11) is 1.87. The number of pyridine rings is 1. The van der Waals surface area contributed by atoms with Crippen LogP contribution in [0.3, 0.4) is 0 Å². The number of hydrogen-bond donors (Lipinski definition) is 1. The van der Waals surface area contributed by atoms with Gasteiger partial charge < -0.3 is 14.6 Å². The lowest BCUT2D eigenvalue weighted by atomic mass is 9.88. The highest BCUT2D eigenvalue weighted by atomic mass is 16.2. The highest BCUT2D eigenvalue weighted by Crippen LogP contribution is 2.63. The van der Waals surface area contributed by atoms with Crippen LogP contribution in [-0.4, -0.2) is 40.3 Å². The van der Waals surface area contributed by atoms with Crippen LogP contribution >= 0.6 is 0 Å². The van der Waals surface area contributed by atoms with E-state index in [-0.39, 0.29) is 16.7 Å². The Morgan fingerprint density at radius 3 is 2.55 bits per heavy atom. The second-order valence-corrected chi connectivity index (χ2v) is 9.53. The maximum atomic E-state index is 13.2. The fourth-order valence-electron chi connectivity index (χ4n) is 4.82. The molecule has 31 heavy (non-hydrogen) atoms. The van der Waals surface area contributed by atoms with Crippen LogP contribution in [0.2, 0.25) is 0 Å². The molecule has 0 radical (unpaired) electrons. The number of imidazole rings is 1. The Hall–Kier alpha value is -2.66. The Bertz CT molecular complexity index is 1060. The molecule has 0 bridgehead atoms. The molecule has 3 aromatic rings. The van der Waals surface area contributed by atoms with Gasteiger partial charge in [-0.3, -0.25) is 4.79 Å². The van der Waals surface area contributed by atoms with Gasteiger partial charge >= 0.3 is 0 Å². The summed E-state index contributed by atoms with van der Waals surface area (Å²) in [6.45, 7) is 9.06. The Balaban J connectivity index is 1.56. The molecule has 1 amide bonds. The number of aromatic nitrogens is 2. The average Bonchev–Trinajstić information content (AvgIpc) is 3.16. The Kier molecular flexibility index (Phi) is 5.89. The summed E-state index contributed by atoms with van der Waals surface area (Å²) in [6, 6.07) is 16.7. The largest absolute Gasteiger partial charge is 0.340 e. The molecule has 0 aliphatic heterocycles. The van der Waals surface area contributed by atoms with E-state index in [9.17, 15) is 4.79 Å². The van der Waals surface area contributed by atoms with E-state index < -0.39 is 0 Å². The Labute approximate surface area is 185 Å². The van der Waals surface area contributed by atoms with Gasteiger partial charge in [0.25, 0.3) is 5.91 Å². The number of benzene rings is 1. The van der Waals surface area contributed by atoms with Crippen molar-refractivity contribution < 1.29 is 4.79 Å². The molecule has 1 saturated carbocycles. The van der Waals surface area contributed by atoms with Crippen LogP contribution in [-0.2, 0) is 12.0 Å². The Morgan fingerprint density at radius 2 is 1.87 bits per heavy atom. The predicted molar refractivity (Wildman–Crippen MR) is 125 cm³/mol. The number of carbonyl (C=O) groups excluding carboxylic acids is 1. The van der Waals surface area contributed by atoms with Crippen molar-refractivity contribution in [2.24, 2.45) is 5.41 Å².